The van der Waals surface area contributed by atoms with Gasteiger partial charge in [-0.1, -0.05) is 6.92 Å². The molecule has 10 heteroatoms. The molecule has 0 spiro atoms. The van der Waals surface area contributed by atoms with Gasteiger partial charge < -0.3 is 19.3 Å². The predicted octanol–water partition coefficient (Wildman–Crippen LogP) is 2.36. The maximum atomic E-state index is 13.4. The van der Waals surface area contributed by atoms with E-state index in [1.165, 1.54) is 10.7 Å². The lowest BCUT2D eigenvalue weighted by molar-refractivity contribution is -0.138. The molecule has 0 aromatic heterocycles. The van der Waals surface area contributed by atoms with Crippen LogP contribution in [0.25, 0.3) is 0 Å². The van der Waals surface area contributed by atoms with Crippen molar-refractivity contribution in [1.82, 2.24) is 19.0 Å². The second-order valence-electron chi connectivity index (χ2n) is 10.9. The number of methoxy groups -OCH3 is 1. The molecule has 4 rings (SSSR count). The largest absolute Gasteiger partial charge is 0.497 e. The molecule has 0 N–H and O–H groups in total. The molecule has 1 amide bonds. The number of carbonyl (C=O) groups is 1. The molecular weight excluding hydrogens is 504 g/mol. The van der Waals surface area contributed by atoms with Gasteiger partial charge in [0, 0.05) is 58.4 Å². The van der Waals surface area contributed by atoms with Gasteiger partial charge in [0.2, 0.25) is 15.9 Å². The Morgan fingerprint density at radius 3 is 2.58 bits per heavy atom. The van der Waals surface area contributed by atoms with Crippen molar-refractivity contribution in [3.05, 3.63) is 23.3 Å². The molecule has 1 saturated heterocycles. The number of ether oxygens (including phenoxy) is 2. The molecule has 1 saturated carbocycles. The Morgan fingerprint density at radius 1 is 1.11 bits per heavy atom. The van der Waals surface area contributed by atoms with Crippen molar-refractivity contribution in [3.8, 4) is 5.75 Å². The number of amides is 1. The summed E-state index contributed by atoms with van der Waals surface area (Å²) in [6, 6.07) is 4.38. The first kappa shape index (κ1) is 29.3. The molecule has 0 bridgehead atoms. The molecule has 0 radical (unpaired) electrons. The Morgan fingerprint density at radius 2 is 1.87 bits per heavy atom. The third-order valence-electron chi connectivity index (χ3n) is 8.65. The normalized spacial score (nSPS) is 24.9. The molecule has 0 unspecified atom stereocenters. The lowest BCUT2D eigenvalue weighted by atomic mass is 9.88. The molecule has 3 aliphatic rings. The van der Waals surface area contributed by atoms with Gasteiger partial charge in [0.25, 0.3) is 0 Å². The van der Waals surface area contributed by atoms with Crippen molar-refractivity contribution in [1.29, 1.82) is 0 Å². The zero-order chi connectivity index (χ0) is 27.3. The Hall–Kier alpha value is -1.72. The molecule has 1 aromatic carbocycles. The molecule has 2 aliphatic heterocycles. The van der Waals surface area contributed by atoms with Crippen LogP contribution in [0.2, 0.25) is 0 Å². The number of benzene rings is 1. The molecule has 214 valence electrons. The highest BCUT2D eigenvalue weighted by Crippen LogP contribution is 2.32. The minimum atomic E-state index is -3.64. The van der Waals surface area contributed by atoms with Crippen molar-refractivity contribution in [3.63, 3.8) is 0 Å². The van der Waals surface area contributed by atoms with Crippen LogP contribution in [0, 0.1) is 6.92 Å². The van der Waals surface area contributed by atoms with Crippen LogP contribution in [0.15, 0.2) is 17.0 Å². The maximum absolute atomic E-state index is 13.4. The average Bonchev–Trinajstić information content (AvgIpc) is 3.05. The minimum Gasteiger partial charge on any atom is -0.497 e. The van der Waals surface area contributed by atoms with Crippen LogP contribution in [-0.2, 0) is 26.0 Å². The number of carbonyl (C=O) groups excluding carboxylic acids is 1. The third-order valence-corrected chi connectivity index (χ3v) is 10.8. The van der Waals surface area contributed by atoms with Crippen molar-refractivity contribution in [2.24, 2.45) is 0 Å². The lowest BCUT2D eigenvalue weighted by Gasteiger charge is -2.43. The molecule has 2 fully saturated rings. The monoisotopic (exact) mass is 550 g/mol. The highest BCUT2D eigenvalue weighted by Gasteiger charge is 2.33. The van der Waals surface area contributed by atoms with E-state index in [0.29, 0.717) is 35.2 Å². The second kappa shape index (κ2) is 13.1. The number of fused-ring (bicyclic) bond motifs is 1. The zero-order valence-electron chi connectivity index (χ0n) is 23.7. The topological polar surface area (TPSA) is 82.6 Å². The first-order valence-electron chi connectivity index (χ1n) is 14.2. The van der Waals surface area contributed by atoms with E-state index >= 15 is 0 Å². The van der Waals surface area contributed by atoms with E-state index in [1.807, 2.05) is 24.9 Å². The van der Waals surface area contributed by atoms with E-state index in [0.717, 1.165) is 64.0 Å². The van der Waals surface area contributed by atoms with Crippen molar-refractivity contribution < 1.29 is 22.7 Å². The Balaban J connectivity index is 1.26. The molecule has 1 aromatic rings. The van der Waals surface area contributed by atoms with Gasteiger partial charge in [-0.2, -0.15) is 4.31 Å². The smallest absolute Gasteiger partial charge is 0.248 e. The van der Waals surface area contributed by atoms with E-state index in [4.69, 9.17) is 9.47 Å². The van der Waals surface area contributed by atoms with Crippen LogP contribution in [0.5, 0.6) is 5.75 Å². The second-order valence-corrected chi connectivity index (χ2v) is 12.8. The quantitative estimate of drug-likeness (QED) is 0.437. The number of rotatable bonds is 9. The van der Waals surface area contributed by atoms with Gasteiger partial charge in [-0.3, -0.25) is 9.69 Å². The molecule has 1 aliphatic carbocycles. The van der Waals surface area contributed by atoms with E-state index in [2.05, 4.69) is 16.7 Å². The van der Waals surface area contributed by atoms with Gasteiger partial charge in [-0.15, -0.1) is 0 Å². The Bertz CT molecular complexity index is 1060. The number of hydrogen-bond acceptors (Lipinski definition) is 7. The summed E-state index contributed by atoms with van der Waals surface area (Å²) in [5.41, 5.74) is 1.50. The predicted molar refractivity (Wildman–Crippen MR) is 148 cm³/mol. The van der Waals surface area contributed by atoms with E-state index in [9.17, 15) is 13.2 Å². The number of hydrogen-bond donors (Lipinski definition) is 0. The maximum Gasteiger partial charge on any atom is 0.248 e. The van der Waals surface area contributed by atoms with Gasteiger partial charge in [0.1, 0.15) is 12.4 Å². The molecule has 38 heavy (non-hydrogen) atoms. The number of nitrogens with zero attached hydrogens (tertiary/aromatic N) is 4. The van der Waals surface area contributed by atoms with Gasteiger partial charge in [-0.05, 0) is 75.3 Å². The number of piperazine rings is 1. The van der Waals surface area contributed by atoms with Crippen LogP contribution in [0.3, 0.4) is 0 Å². The summed E-state index contributed by atoms with van der Waals surface area (Å²) < 4.78 is 39.4. The van der Waals surface area contributed by atoms with Gasteiger partial charge in [0.05, 0.1) is 18.6 Å². The highest BCUT2D eigenvalue weighted by molar-refractivity contribution is 7.89. The summed E-state index contributed by atoms with van der Waals surface area (Å²) in [6.07, 6.45) is 5.82. The number of aryl methyl sites for hydroxylation is 2. The van der Waals surface area contributed by atoms with Crippen LogP contribution in [-0.4, -0.2) is 119 Å². The fourth-order valence-corrected chi connectivity index (χ4v) is 8.21. The number of likely N-dealkylation sites (N-methyl/N-ethyl adjacent to an activating group) is 2. The van der Waals surface area contributed by atoms with Crippen LogP contribution in [0.1, 0.15) is 50.2 Å². The first-order chi connectivity index (χ1) is 18.2. The Kier molecular flexibility index (Phi) is 10.1. The standard InChI is InChI=1S/C28H46N4O5S/c1-5-30-12-14-31(15-13-30)25-10-6-9-24(20-25)29(3)27(33)21-37-17-16-32-11-7-8-23-19-26(36-4)18-22(2)28(23)38(32,34)35/h18-19,24-25H,5-17,20-21H2,1-4H3/t24-,25-/m1/s1. The summed E-state index contributed by atoms with van der Waals surface area (Å²) in [7, 11) is -0.153. The SMILES string of the molecule is CCN1CCN([C@@H]2CCC[C@@H](N(C)C(=O)COCCN3CCCc4cc(OC)cc(C)c4S3(=O)=O)C2)CC1. The fourth-order valence-electron chi connectivity index (χ4n) is 6.31. The van der Waals surface area contributed by atoms with Gasteiger partial charge in [0.15, 0.2) is 0 Å². The molecular formula is C28H46N4O5S. The van der Waals surface area contributed by atoms with E-state index in [-0.39, 0.29) is 31.7 Å². The summed E-state index contributed by atoms with van der Waals surface area (Å²) in [6.45, 7) is 10.5. The third kappa shape index (κ3) is 6.70. The lowest BCUT2D eigenvalue weighted by Crippen LogP contribution is -2.53. The molecule has 2 heterocycles. The molecule has 2 atom stereocenters. The van der Waals surface area contributed by atoms with Gasteiger partial charge in [-0.25, -0.2) is 8.42 Å². The summed E-state index contributed by atoms with van der Waals surface area (Å²) in [4.78, 5) is 20.3. The highest BCUT2D eigenvalue weighted by atomic mass is 32.2. The summed E-state index contributed by atoms with van der Waals surface area (Å²) in [5.74, 6) is 0.651. The minimum absolute atomic E-state index is 0.0203. The number of sulfonamides is 1. The van der Waals surface area contributed by atoms with Crippen molar-refractivity contribution in [2.45, 2.75) is 69.4 Å². The van der Waals surface area contributed by atoms with Crippen molar-refractivity contribution in [2.75, 3.05) is 73.2 Å². The van der Waals surface area contributed by atoms with Crippen LogP contribution >= 0.6 is 0 Å². The average molecular weight is 551 g/mol. The van der Waals surface area contributed by atoms with E-state index in [1.54, 1.807) is 13.2 Å². The molecule has 9 nitrogen and oxygen atoms in total. The fraction of sp³-hybridized carbons (Fsp3) is 0.750. The summed E-state index contributed by atoms with van der Waals surface area (Å²) in [5, 5.41) is 0. The van der Waals surface area contributed by atoms with E-state index < -0.39 is 10.0 Å². The first-order valence-corrected chi connectivity index (χ1v) is 15.7. The van der Waals surface area contributed by atoms with Crippen molar-refractivity contribution >= 4 is 15.9 Å². The van der Waals surface area contributed by atoms with Gasteiger partial charge >= 0.3 is 0 Å². The zero-order valence-corrected chi connectivity index (χ0v) is 24.5. The Labute approximate surface area is 229 Å². The van der Waals surface area contributed by atoms with Crippen LogP contribution in [0.4, 0.5) is 0 Å². The summed E-state index contributed by atoms with van der Waals surface area (Å²) >= 11 is 0. The van der Waals surface area contributed by atoms with Crippen LogP contribution < -0.4 is 4.74 Å².